The molecule has 1 aliphatic rings. The molecular formula is C17H16F3N3O3. The first kappa shape index (κ1) is 18.1. The van der Waals surface area contributed by atoms with Crippen molar-refractivity contribution in [2.75, 3.05) is 6.54 Å². The summed E-state index contributed by atoms with van der Waals surface area (Å²) >= 11 is 0. The van der Waals surface area contributed by atoms with E-state index < -0.39 is 28.5 Å². The predicted octanol–water partition coefficient (Wildman–Crippen LogP) is 3.72. The first-order valence-corrected chi connectivity index (χ1v) is 7.81. The molecule has 0 aromatic heterocycles. The van der Waals surface area contributed by atoms with Gasteiger partial charge in [-0.05, 0) is 42.3 Å². The Kier molecular flexibility index (Phi) is 4.14. The Morgan fingerprint density at radius 3 is 2.35 bits per heavy atom. The molecule has 26 heavy (non-hydrogen) atoms. The molecule has 0 spiro atoms. The van der Waals surface area contributed by atoms with Gasteiger partial charge in [0.15, 0.2) is 0 Å². The zero-order chi connectivity index (χ0) is 19.3. The molecule has 1 aliphatic heterocycles. The van der Waals surface area contributed by atoms with E-state index in [0.29, 0.717) is 10.8 Å². The van der Waals surface area contributed by atoms with Crippen molar-refractivity contribution in [2.45, 2.75) is 26.1 Å². The molecule has 1 atom stereocenters. The van der Waals surface area contributed by atoms with Gasteiger partial charge in [-0.2, -0.15) is 13.2 Å². The molecule has 0 radical (unpaired) electrons. The van der Waals surface area contributed by atoms with Crippen LogP contribution in [0.3, 0.4) is 0 Å². The number of nitrogens with zero attached hydrogens (tertiary/aromatic N) is 2. The molecule has 0 saturated carbocycles. The van der Waals surface area contributed by atoms with E-state index in [9.17, 15) is 28.1 Å². The van der Waals surface area contributed by atoms with E-state index in [1.807, 2.05) is 0 Å². The van der Waals surface area contributed by atoms with Crippen molar-refractivity contribution in [3.63, 3.8) is 0 Å². The summed E-state index contributed by atoms with van der Waals surface area (Å²) in [7, 11) is 0. The summed E-state index contributed by atoms with van der Waals surface area (Å²) in [6, 6.07) is 6.00. The maximum atomic E-state index is 13.7. The second-order valence-electron chi connectivity index (χ2n) is 6.94. The van der Waals surface area contributed by atoms with E-state index in [1.165, 1.54) is 36.4 Å². The molecule has 1 heterocycles. The number of non-ortho nitro benzene ring substituents is 1. The molecule has 9 heteroatoms. The highest BCUT2D eigenvalue weighted by Gasteiger charge is 2.51. The van der Waals surface area contributed by atoms with Gasteiger partial charge >= 0.3 is 6.18 Å². The van der Waals surface area contributed by atoms with Gasteiger partial charge in [0.2, 0.25) is 5.91 Å². The maximum Gasteiger partial charge on any atom is 0.409 e. The Morgan fingerprint density at radius 2 is 1.81 bits per heavy atom. The number of nitro groups is 1. The van der Waals surface area contributed by atoms with E-state index in [2.05, 4.69) is 5.43 Å². The van der Waals surface area contributed by atoms with Crippen LogP contribution in [-0.4, -0.2) is 28.6 Å². The molecule has 1 saturated heterocycles. The maximum absolute atomic E-state index is 13.7. The molecule has 0 unspecified atom stereocenters. The van der Waals surface area contributed by atoms with E-state index >= 15 is 0 Å². The predicted molar refractivity (Wildman–Crippen MR) is 88.0 cm³/mol. The van der Waals surface area contributed by atoms with E-state index in [0.717, 1.165) is 5.01 Å². The molecule has 1 amide bonds. The van der Waals surface area contributed by atoms with Crippen LogP contribution in [0.5, 0.6) is 0 Å². The number of carbonyl (C=O) groups is 1. The molecule has 1 fully saturated rings. The molecular weight excluding hydrogens is 351 g/mol. The zero-order valence-corrected chi connectivity index (χ0v) is 14.0. The lowest BCUT2D eigenvalue weighted by Gasteiger charge is -2.30. The lowest BCUT2D eigenvalue weighted by Crippen LogP contribution is -2.43. The Labute approximate surface area is 146 Å². The van der Waals surface area contributed by atoms with Crippen LogP contribution in [-0.2, 0) is 4.79 Å². The van der Waals surface area contributed by atoms with Gasteiger partial charge in [0, 0.05) is 18.7 Å². The van der Waals surface area contributed by atoms with Gasteiger partial charge in [0.05, 0.1) is 10.3 Å². The van der Waals surface area contributed by atoms with Crippen molar-refractivity contribution in [3.8, 4) is 0 Å². The average molecular weight is 367 g/mol. The lowest BCUT2D eigenvalue weighted by atomic mass is 9.93. The van der Waals surface area contributed by atoms with Gasteiger partial charge in [-0.1, -0.05) is 12.1 Å². The molecule has 0 aliphatic carbocycles. The van der Waals surface area contributed by atoms with E-state index in [1.54, 1.807) is 13.8 Å². The van der Waals surface area contributed by atoms with E-state index in [4.69, 9.17) is 0 Å². The summed E-state index contributed by atoms with van der Waals surface area (Å²) in [5.74, 6) is -0.469. The van der Waals surface area contributed by atoms with Crippen molar-refractivity contribution >= 4 is 22.4 Å². The third kappa shape index (κ3) is 3.22. The Morgan fingerprint density at radius 1 is 1.19 bits per heavy atom. The first-order valence-electron chi connectivity index (χ1n) is 7.81. The van der Waals surface area contributed by atoms with Crippen LogP contribution in [0, 0.1) is 15.5 Å². The number of alkyl halides is 3. The summed E-state index contributed by atoms with van der Waals surface area (Å²) in [6.45, 7) is 3.07. The van der Waals surface area contributed by atoms with Crippen LogP contribution in [0.25, 0.3) is 10.8 Å². The Balaban J connectivity index is 2.04. The fraction of sp³-hybridized carbons (Fsp3) is 0.353. The van der Waals surface area contributed by atoms with Crippen LogP contribution >= 0.6 is 0 Å². The number of rotatable bonds is 3. The number of nitro benzene ring substituents is 1. The number of nitrogens with one attached hydrogen (secondary N) is 1. The topological polar surface area (TPSA) is 75.5 Å². The normalized spacial score (nSPS) is 18.7. The fourth-order valence-corrected chi connectivity index (χ4v) is 3.06. The minimum absolute atomic E-state index is 0.0446. The zero-order valence-electron chi connectivity index (χ0n) is 14.0. The third-order valence-corrected chi connectivity index (χ3v) is 4.42. The minimum Gasteiger partial charge on any atom is -0.287 e. The van der Waals surface area contributed by atoms with Crippen LogP contribution in [0.1, 0.15) is 25.5 Å². The summed E-state index contributed by atoms with van der Waals surface area (Å²) in [6.07, 6.45) is -4.61. The van der Waals surface area contributed by atoms with Gasteiger partial charge in [0.1, 0.15) is 6.04 Å². The van der Waals surface area contributed by atoms with Gasteiger partial charge in [-0.3, -0.25) is 20.3 Å². The van der Waals surface area contributed by atoms with E-state index in [-0.39, 0.29) is 17.8 Å². The highest BCUT2D eigenvalue weighted by Crippen LogP contribution is 2.41. The molecule has 2 aromatic rings. The quantitative estimate of drug-likeness (QED) is 0.663. The van der Waals surface area contributed by atoms with Gasteiger partial charge < -0.3 is 0 Å². The minimum atomic E-state index is -4.61. The second-order valence-corrected chi connectivity index (χ2v) is 6.94. The SMILES string of the molecule is CC1(C)CN([C@@H](c2ccc3cc([N+](=O)[O-])ccc3c2)C(F)(F)F)NC1=O. The third-order valence-electron chi connectivity index (χ3n) is 4.42. The number of halogens is 3. The molecule has 0 bridgehead atoms. The first-order chi connectivity index (χ1) is 12.0. The number of hydrogen-bond donors (Lipinski definition) is 1. The number of carbonyl (C=O) groups excluding carboxylic acids is 1. The van der Waals surface area contributed by atoms with Gasteiger partial charge in [-0.15, -0.1) is 0 Å². The van der Waals surface area contributed by atoms with Crippen molar-refractivity contribution < 1.29 is 22.9 Å². The van der Waals surface area contributed by atoms with Crippen molar-refractivity contribution in [1.82, 2.24) is 10.4 Å². The molecule has 6 nitrogen and oxygen atoms in total. The summed E-state index contributed by atoms with van der Waals surface area (Å²) in [5.41, 5.74) is 1.20. The number of benzene rings is 2. The molecule has 1 N–H and O–H groups in total. The number of fused-ring (bicyclic) bond motifs is 1. The largest absolute Gasteiger partial charge is 0.409 e. The second kappa shape index (κ2) is 5.94. The van der Waals surface area contributed by atoms with Gasteiger partial charge in [0.25, 0.3) is 5.69 Å². The van der Waals surface area contributed by atoms with Crippen LogP contribution in [0.4, 0.5) is 18.9 Å². The Bertz CT molecular complexity index is 896. The van der Waals surface area contributed by atoms with Crippen molar-refractivity contribution in [1.29, 1.82) is 0 Å². The number of hydrogen-bond acceptors (Lipinski definition) is 4. The molecule has 138 valence electrons. The van der Waals surface area contributed by atoms with Crippen LogP contribution in [0.2, 0.25) is 0 Å². The summed E-state index contributed by atoms with van der Waals surface area (Å²) in [5, 5.41) is 12.6. The monoisotopic (exact) mass is 367 g/mol. The Hall–Kier alpha value is -2.68. The molecule has 3 rings (SSSR count). The highest BCUT2D eigenvalue weighted by molar-refractivity contribution is 5.86. The molecule has 2 aromatic carbocycles. The van der Waals surface area contributed by atoms with Gasteiger partial charge in [-0.25, -0.2) is 5.01 Å². The van der Waals surface area contributed by atoms with Crippen molar-refractivity contribution in [2.24, 2.45) is 5.41 Å². The smallest absolute Gasteiger partial charge is 0.287 e. The number of hydrazine groups is 1. The highest BCUT2D eigenvalue weighted by atomic mass is 19.4. The summed E-state index contributed by atoms with van der Waals surface area (Å²) in [4.78, 5) is 22.2. The van der Waals surface area contributed by atoms with Crippen molar-refractivity contribution in [3.05, 3.63) is 52.1 Å². The number of amides is 1. The summed E-state index contributed by atoms with van der Waals surface area (Å²) < 4.78 is 41.2. The standard InChI is InChI=1S/C17H16F3N3O3/c1-16(2)9-22(21-15(16)24)14(17(18,19)20)12-4-3-11-8-13(23(25)26)6-5-10(11)7-12/h3-8,14H,9H2,1-2H3,(H,21,24)/t14-/m0/s1. The fourth-order valence-electron chi connectivity index (χ4n) is 3.06. The lowest BCUT2D eigenvalue weighted by molar-refractivity contribution is -0.384. The van der Waals surface area contributed by atoms with Crippen LogP contribution < -0.4 is 5.43 Å². The average Bonchev–Trinajstić information content (AvgIpc) is 2.78. The van der Waals surface area contributed by atoms with Crippen LogP contribution in [0.15, 0.2) is 36.4 Å².